The van der Waals surface area contributed by atoms with Crippen LogP contribution >= 0.6 is 0 Å². The molecule has 140 valence electrons. The lowest BCUT2D eigenvalue weighted by atomic mass is 10.0. The summed E-state index contributed by atoms with van der Waals surface area (Å²) in [5.74, 6) is -1.58. The smallest absolute Gasteiger partial charge is 0.345 e. The van der Waals surface area contributed by atoms with E-state index in [2.05, 4.69) is 0 Å². The fraction of sp³-hybridized carbons (Fsp3) is 0.227. The fourth-order valence-electron chi connectivity index (χ4n) is 2.39. The van der Waals surface area contributed by atoms with Gasteiger partial charge in [-0.3, -0.25) is 4.79 Å². The number of rotatable bonds is 7. The van der Waals surface area contributed by atoms with Crippen molar-refractivity contribution < 1.29 is 23.9 Å². The standard InChI is InChI=1S/C22H22O5/c1-4-26-21(24)19(22(25)27-5-2)14-16-8-12-18(13-9-16)20(23)17-10-6-15(3)7-11-17/h6-14H,4-5H2,1-3H3. The molecular weight excluding hydrogens is 344 g/mol. The maximum Gasteiger partial charge on any atom is 0.345 e. The number of benzene rings is 2. The van der Waals surface area contributed by atoms with Crippen molar-refractivity contribution in [2.24, 2.45) is 0 Å². The van der Waals surface area contributed by atoms with E-state index in [4.69, 9.17) is 9.47 Å². The van der Waals surface area contributed by atoms with E-state index in [-0.39, 0.29) is 24.6 Å². The van der Waals surface area contributed by atoms with Gasteiger partial charge in [-0.05, 0) is 32.4 Å². The van der Waals surface area contributed by atoms with Gasteiger partial charge in [-0.2, -0.15) is 0 Å². The van der Waals surface area contributed by atoms with Crippen LogP contribution in [0.3, 0.4) is 0 Å². The molecule has 0 radical (unpaired) electrons. The molecule has 0 aliphatic carbocycles. The van der Waals surface area contributed by atoms with Crippen LogP contribution in [0.1, 0.15) is 40.9 Å². The van der Waals surface area contributed by atoms with Crippen molar-refractivity contribution in [1.29, 1.82) is 0 Å². The third kappa shape index (κ3) is 5.38. The van der Waals surface area contributed by atoms with Crippen molar-refractivity contribution in [1.82, 2.24) is 0 Å². The van der Waals surface area contributed by atoms with Crippen LogP contribution in [-0.4, -0.2) is 30.9 Å². The second kappa shape index (κ2) is 9.48. The summed E-state index contributed by atoms with van der Waals surface area (Å²) in [5, 5.41) is 0. The molecule has 27 heavy (non-hydrogen) atoms. The topological polar surface area (TPSA) is 69.7 Å². The summed E-state index contributed by atoms with van der Waals surface area (Å²) in [4.78, 5) is 36.5. The van der Waals surface area contributed by atoms with Gasteiger partial charge in [0.05, 0.1) is 13.2 Å². The van der Waals surface area contributed by atoms with Gasteiger partial charge in [0.1, 0.15) is 5.57 Å². The van der Waals surface area contributed by atoms with Gasteiger partial charge in [0.25, 0.3) is 0 Å². The first-order valence-electron chi connectivity index (χ1n) is 8.73. The Hall–Kier alpha value is -3.21. The predicted octanol–water partition coefficient (Wildman–Crippen LogP) is 3.74. The Morgan fingerprint density at radius 2 is 1.22 bits per heavy atom. The molecule has 0 saturated heterocycles. The highest BCUT2D eigenvalue weighted by molar-refractivity contribution is 6.17. The van der Waals surface area contributed by atoms with E-state index >= 15 is 0 Å². The van der Waals surface area contributed by atoms with Crippen LogP contribution in [0, 0.1) is 6.92 Å². The van der Waals surface area contributed by atoms with Crippen LogP contribution in [0.5, 0.6) is 0 Å². The van der Waals surface area contributed by atoms with Crippen molar-refractivity contribution in [3.63, 3.8) is 0 Å². The van der Waals surface area contributed by atoms with Crippen molar-refractivity contribution in [3.8, 4) is 0 Å². The molecule has 2 aromatic rings. The minimum Gasteiger partial charge on any atom is -0.462 e. The first-order valence-corrected chi connectivity index (χ1v) is 8.73. The molecule has 0 spiro atoms. The Labute approximate surface area is 158 Å². The molecule has 0 aromatic heterocycles. The SMILES string of the molecule is CCOC(=O)C(=Cc1ccc(C(=O)c2ccc(C)cc2)cc1)C(=O)OCC. The summed E-state index contributed by atoms with van der Waals surface area (Å²) in [7, 11) is 0. The van der Waals surface area contributed by atoms with Crippen molar-refractivity contribution >= 4 is 23.8 Å². The van der Waals surface area contributed by atoms with E-state index in [1.165, 1.54) is 6.08 Å². The maximum atomic E-state index is 12.5. The van der Waals surface area contributed by atoms with Crippen LogP contribution in [0.4, 0.5) is 0 Å². The Bertz CT molecular complexity index is 825. The van der Waals surface area contributed by atoms with Crippen LogP contribution < -0.4 is 0 Å². The Balaban J connectivity index is 2.26. The third-order valence-electron chi connectivity index (χ3n) is 3.79. The fourth-order valence-corrected chi connectivity index (χ4v) is 2.39. The number of ether oxygens (including phenoxy) is 2. The van der Waals surface area contributed by atoms with Crippen molar-refractivity contribution in [2.75, 3.05) is 13.2 Å². The monoisotopic (exact) mass is 366 g/mol. The summed E-state index contributed by atoms with van der Waals surface area (Å²) < 4.78 is 9.82. The van der Waals surface area contributed by atoms with E-state index in [9.17, 15) is 14.4 Å². The van der Waals surface area contributed by atoms with Gasteiger partial charge in [-0.25, -0.2) is 9.59 Å². The number of ketones is 1. The van der Waals surface area contributed by atoms with Crippen molar-refractivity contribution in [2.45, 2.75) is 20.8 Å². The number of hydrogen-bond acceptors (Lipinski definition) is 5. The van der Waals surface area contributed by atoms with Gasteiger partial charge in [0, 0.05) is 11.1 Å². The van der Waals surface area contributed by atoms with Gasteiger partial charge < -0.3 is 9.47 Å². The first kappa shape index (κ1) is 20.1. The molecule has 2 aromatic carbocycles. The number of hydrogen-bond donors (Lipinski definition) is 0. The highest BCUT2D eigenvalue weighted by atomic mass is 16.6. The zero-order chi connectivity index (χ0) is 19.8. The average molecular weight is 366 g/mol. The average Bonchev–Trinajstić information content (AvgIpc) is 2.67. The summed E-state index contributed by atoms with van der Waals surface area (Å²) in [6.45, 7) is 5.58. The minimum atomic E-state index is -0.740. The lowest BCUT2D eigenvalue weighted by molar-refractivity contribution is -0.146. The third-order valence-corrected chi connectivity index (χ3v) is 3.79. The molecule has 5 nitrogen and oxygen atoms in total. The second-order valence-corrected chi connectivity index (χ2v) is 5.82. The summed E-state index contributed by atoms with van der Waals surface area (Å²) in [6.07, 6.45) is 1.40. The molecule has 2 rings (SSSR count). The van der Waals surface area contributed by atoms with Crippen molar-refractivity contribution in [3.05, 3.63) is 76.4 Å². The zero-order valence-electron chi connectivity index (χ0n) is 15.7. The van der Waals surface area contributed by atoms with Crippen LogP contribution in [0.2, 0.25) is 0 Å². The molecule has 0 saturated carbocycles. The highest BCUT2D eigenvalue weighted by Crippen LogP contribution is 2.15. The van der Waals surface area contributed by atoms with Gasteiger partial charge in [-0.15, -0.1) is 0 Å². The van der Waals surface area contributed by atoms with E-state index in [1.54, 1.807) is 50.2 Å². The highest BCUT2D eigenvalue weighted by Gasteiger charge is 2.21. The van der Waals surface area contributed by atoms with E-state index < -0.39 is 11.9 Å². The van der Waals surface area contributed by atoms with Crippen LogP contribution in [-0.2, 0) is 19.1 Å². The molecule has 0 amide bonds. The predicted molar refractivity (Wildman–Crippen MR) is 102 cm³/mol. The van der Waals surface area contributed by atoms with Crippen LogP contribution in [0.25, 0.3) is 6.08 Å². The van der Waals surface area contributed by atoms with Crippen LogP contribution in [0.15, 0.2) is 54.1 Å². The normalized spacial score (nSPS) is 10.0. The molecule has 0 atom stereocenters. The van der Waals surface area contributed by atoms with Gasteiger partial charge >= 0.3 is 11.9 Å². The lowest BCUT2D eigenvalue weighted by Gasteiger charge is -2.07. The minimum absolute atomic E-state index is 0.0958. The number of esters is 2. The Morgan fingerprint density at radius 1 is 0.778 bits per heavy atom. The first-order chi connectivity index (χ1) is 13.0. The second-order valence-electron chi connectivity index (χ2n) is 5.82. The molecular formula is C22H22O5. The van der Waals surface area contributed by atoms with E-state index in [0.29, 0.717) is 16.7 Å². The lowest BCUT2D eigenvalue weighted by Crippen LogP contribution is -2.18. The molecule has 0 heterocycles. The maximum absolute atomic E-state index is 12.5. The number of carbonyl (C=O) groups is 3. The quantitative estimate of drug-likeness (QED) is 0.245. The van der Waals surface area contributed by atoms with Gasteiger partial charge in [-0.1, -0.05) is 54.1 Å². The number of aryl methyl sites for hydroxylation is 1. The Morgan fingerprint density at radius 3 is 1.67 bits per heavy atom. The Kier molecular flexibility index (Phi) is 7.06. The summed E-state index contributed by atoms with van der Waals surface area (Å²) >= 11 is 0. The molecule has 0 aliphatic rings. The molecule has 5 heteroatoms. The molecule has 0 bridgehead atoms. The molecule has 0 N–H and O–H groups in total. The zero-order valence-corrected chi connectivity index (χ0v) is 15.7. The largest absolute Gasteiger partial charge is 0.462 e. The summed E-state index contributed by atoms with van der Waals surface area (Å²) in [5.41, 5.74) is 2.60. The molecule has 0 aliphatic heterocycles. The molecule has 0 fully saturated rings. The van der Waals surface area contributed by atoms with Gasteiger partial charge in [0.2, 0.25) is 0 Å². The van der Waals surface area contributed by atoms with E-state index in [1.807, 2.05) is 19.1 Å². The van der Waals surface area contributed by atoms with Gasteiger partial charge in [0.15, 0.2) is 5.78 Å². The number of carbonyl (C=O) groups excluding carboxylic acids is 3. The summed E-state index contributed by atoms with van der Waals surface area (Å²) in [6, 6.07) is 14.0. The molecule has 0 unspecified atom stereocenters. The van der Waals surface area contributed by atoms with E-state index in [0.717, 1.165) is 5.56 Å².